The maximum absolute atomic E-state index is 10.5. The molecule has 2 N–H and O–H groups in total. The lowest BCUT2D eigenvalue weighted by Gasteiger charge is -2.03. The van der Waals surface area contributed by atoms with Crippen molar-refractivity contribution in [1.29, 1.82) is 0 Å². The lowest BCUT2D eigenvalue weighted by atomic mass is 10.1. The van der Waals surface area contributed by atoms with Gasteiger partial charge in [0.05, 0.1) is 0 Å². The summed E-state index contributed by atoms with van der Waals surface area (Å²) in [7, 11) is -3.75. The predicted molar refractivity (Wildman–Crippen MR) is 64.0 cm³/mol. The lowest BCUT2D eigenvalue weighted by Crippen LogP contribution is -1.88. The Bertz CT molecular complexity index is 198. The van der Waals surface area contributed by atoms with Crippen LogP contribution in [-0.2, 0) is 4.57 Å². The third-order valence-electron chi connectivity index (χ3n) is 2.36. The number of hydrogen-bond acceptors (Lipinski definition) is 1. The molecule has 0 aliphatic carbocycles. The summed E-state index contributed by atoms with van der Waals surface area (Å²) in [5.74, 6) is 0. The van der Waals surface area contributed by atoms with Crippen molar-refractivity contribution in [2.75, 3.05) is 6.16 Å². The van der Waals surface area contributed by atoms with E-state index in [4.69, 9.17) is 9.79 Å². The third-order valence-corrected chi connectivity index (χ3v) is 3.26. The predicted octanol–water partition coefficient (Wildman–Crippen LogP) is 3.47. The first kappa shape index (κ1) is 14.9. The van der Waals surface area contributed by atoms with Crippen molar-refractivity contribution in [2.45, 2.75) is 51.4 Å². The van der Waals surface area contributed by atoms with Crippen LogP contribution in [0.1, 0.15) is 51.4 Å². The Labute approximate surface area is 92.8 Å². The van der Waals surface area contributed by atoms with Gasteiger partial charge in [0.2, 0.25) is 0 Å². The van der Waals surface area contributed by atoms with Crippen LogP contribution in [0.15, 0.2) is 12.7 Å². The first-order chi connectivity index (χ1) is 7.06. The third kappa shape index (κ3) is 13.9. The quantitative estimate of drug-likeness (QED) is 0.345. The molecule has 0 radical (unpaired) electrons. The maximum Gasteiger partial charge on any atom is 0.325 e. The van der Waals surface area contributed by atoms with Gasteiger partial charge in [-0.1, -0.05) is 38.2 Å². The summed E-state index contributed by atoms with van der Waals surface area (Å²) < 4.78 is 10.5. The van der Waals surface area contributed by atoms with Gasteiger partial charge in [0.25, 0.3) is 0 Å². The molecule has 90 valence electrons. The van der Waals surface area contributed by atoms with Gasteiger partial charge < -0.3 is 9.79 Å². The van der Waals surface area contributed by atoms with Gasteiger partial charge in [-0.05, 0) is 19.3 Å². The molecule has 4 heteroatoms. The number of unbranched alkanes of at least 4 members (excludes halogenated alkanes) is 7. The van der Waals surface area contributed by atoms with Crippen molar-refractivity contribution in [3.63, 3.8) is 0 Å². The minimum absolute atomic E-state index is 0.0451. The second-order valence-electron chi connectivity index (χ2n) is 3.94. The standard InChI is InChI=1S/C11H23O3P/c1-2-3-4-5-6-7-8-9-10-11-15(12,13)14/h2H,1,3-11H2,(H2,12,13,14). The van der Waals surface area contributed by atoms with Crippen LogP contribution in [0, 0.1) is 0 Å². The minimum atomic E-state index is -3.75. The Kier molecular flexibility index (Phi) is 9.07. The van der Waals surface area contributed by atoms with E-state index < -0.39 is 7.60 Å². The second kappa shape index (κ2) is 9.14. The molecule has 0 aliphatic rings. The van der Waals surface area contributed by atoms with Crippen molar-refractivity contribution < 1.29 is 14.4 Å². The van der Waals surface area contributed by atoms with Gasteiger partial charge in [0.15, 0.2) is 0 Å². The van der Waals surface area contributed by atoms with Gasteiger partial charge in [-0.3, -0.25) is 4.57 Å². The van der Waals surface area contributed by atoms with E-state index in [1.54, 1.807) is 0 Å². The largest absolute Gasteiger partial charge is 0.325 e. The van der Waals surface area contributed by atoms with Crippen LogP contribution in [0.2, 0.25) is 0 Å². The molecular weight excluding hydrogens is 211 g/mol. The minimum Gasteiger partial charge on any atom is -0.324 e. The van der Waals surface area contributed by atoms with Crippen LogP contribution in [0.3, 0.4) is 0 Å². The van der Waals surface area contributed by atoms with E-state index in [0.29, 0.717) is 6.42 Å². The van der Waals surface area contributed by atoms with Gasteiger partial charge in [0.1, 0.15) is 0 Å². The van der Waals surface area contributed by atoms with Crippen LogP contribution < -0.4 is 0 Å². The Morgan fingerprint density at radius 2 is 1.40 bits per heavy atom. The highest BCUT2D eigenvalue weighted by molar-refractivity contribution is 7.51. The van der Waals surface area contributed by atoms with Crippen molar-refractivity contribution in [3.05, 3.63) is 12.7 Å². The fourth-order valence-electron chi connectivity index (χ4n) is 1.49. The van der Waals surface area contributed by atoms with Gasteiger partial charge in [-0.2, -0.15) is 0 Å². The summed E-state index contributed by atoms with van der Waals surface area (Å²) in [4.78, 5) is 17.2. The van der Waals surface area contributed by atoms with Gasteiger partial charge >= 0.3 is 7.60 Å². The molecule has 0 aliphatic heterocycles. The highest BCUT2D eigenvalue weighted by Crippen LogP contribution is 2.35. The number of hydrogen-bond donors (Lipinski definition) is 2. The van der Waals surface area contributed by atoms with Crippen molar-refractivity contribution in [3.8, 4) is 0 Å². The van der Waals surface area contributed by atoms with Gasteiger partial charge in [-0.25, -0.2) is 0 Å². The average Bonchev–Trinajstić information content (AvgIpc) is 2.14. The van der Waals surface area contributed by atoms with Gasteiger partial charge in [0, 0.05) is 6.16 Å². The second-order valence-corrected chi connectivity index (χ2v) is 5.72. The van der Waals surface area contributed by atoms with E-state index in [-0.39, 0.29) is 6.16 Å². The summed E-state index contributed by atoms with van der Waals surface area (Å²) >= 11 is 0. The van der Waals surface area contributed by atoms with E-state index >= 15 is 0 Å². The smallest absolute Gasteiger partial charge is 0.324 e. The van der Waals surface area contributed by atoms with Gasteiger partial charge in [-0.15, -0.1) is 6.58 Å². The zero-order valence-corrected chi connectivity index (χ0v) is 10.3. The van der Waals surface area contributed by atoms with E-state index in [2.05, 4.69) is 6.58 Å². The molecule has 0 saturated carbocycles. The first-order valence-electron chi connectivity index (χ1n) is 5.72. The summed E-state index contributed by atoms with van der Waals surface area (Å²) in [5.41, 5.74) is 0. The normalized spacial score (nSPS) is 11.6. The van der Waals surface area contributed by atoms with E-state index in [0.717, 1.165) is 19.3 Å². The first-order valence-corrected chi connectivity index (χ1v) is 7.51. The molecule has 0 aromatic carbocycles. The van der Waals surface area contributed by atoms with E-state index in [1.165, 1.54) is 25.7 Å². The van der Waals surface area contributed by atoms with E-state index in [9.17, 15) is 4.57 Å². The number of rotatable bonds is 10. The monoisotopic (exact) mass is 234 g/mol. The molecule has 0 fully saturated rings. The summed E-state index contributed by atoms with van der Waals surface area (Å²) in [6.07, 6.45) is 10.6. The number of allylic oxidation sites excluding steroid dienone is 1. The fourth-order valence-corrected chi connectivity index (χ4v) is 2.13. The Hall–Kier alpha value is -0.110. The van der Waals surface area contributed by atoms with Crippen LogP contribution >= 0.6 is 7.60 Å². The SMILES string of the molecule is C=CCCCCCCCCCP(=O)(O)O. The fraction of sp³-hybridized carbons (Fsp3) is 0.818. The average molecular weight is 234 g/mol. The maximum atomic E-state index is 10.5. The molecule has 0 unspecified atom stereocenters. The zero-order chi connectivity index (χ0) is 11.6. The topological polar surface area (TPSA) is 57.5 Å². The molecule has 15 heavy (non-hydrogen) atoms. The molecule has 0 heterocycles. The zero-order valence-electron chi connectivity index (χ0n) is 9.40. The molecule has 0 aromatic heterocycles. The van der Waals surface area contributed by atoms with Crippen LogP contribution in [-0.4, -0.2) is 15.9 Å². The van der Waals surface area contributed by atoms with Crippen molar-refractivity contribution >= 4 is 7.60 Å². The summed E-state index contributed by atoms with van der Waals surface area (Å²) in [6.45, 7) is 3.67. The van der Waals surface area contributed by atoms with E-state index in [1.807, 2.05) is 6.08 Å². The lowest BCUT2D eigenvalue weighted by molar-refractivity contribution is 0.370. The van der Waals surface area contributed by atoms with Crippen molar-refractivity contribution in [1.82, 2.24) is 0 Å². The highest BCUT2D eigenvalue weighted by Gasteiger charge is 2.10. The molecule has 0 amide bonds. The molecule has 0 spiro atoms. The molecule has 0 rings (SSSR count). The molecule has 0 atom stereocenters. The molecular formula is C11H23O3P. The molecule has 0 aromatic rings. The summed E-state index contributed by atoms with van der Waals surface area (Å²) in [5, 5.41) is 0. The molecule has 0 bridgehead atoms. The Morgan fingerprint density at radius 3 is 1.87 bits per heavy atom. The van der Waals surface area contributed by atoms with Crippen LogP contribution in [0.5, 0.6) is 0 Å². The van der Waals surface area contributed by atoms with Crippen LogP contribution in [0.25, 0.3) is 0 Å². The Balaban J connectivity index is 3.05. The summed E-state index contributed by atoms with van der Waals surface area (Å²) in [6, 6.07) is 0. The Morgan fingerprint density at radius 1 is 0.933 bits per heavy atom. The molecule has 3 nitrogen and oxygen atoms in total. The molecule has 0 saturated heterocycles. The van der Waals surface area contributed by atoms with Crippen molar-refractivity contribution in [2.24, 2.45) is 0 Å². The van der Waals surface area contributed by atoms with Crippen LogP contribution in [0.4, 0.5) is 0 Å². The highest BCUT2D eigenvalue weighted by atomic mass is 31.2.